The molecule has 0 saturated carbocycles. The molecule has 6 heteroatoms. The second-order valence-corrected chi connectivity index (χ2v) is 9.38. The minimum atomic E-state index is -0.993. The Labute approximate surface area is 220 Å². The molecule has 0 aliphatic heterocycles. The molecular weight excluding hydrogens is 486 g/mol. The van der Waals surface area contributed by atoms with Crippen LogP contribution in [0.15, 0.2) is 109 Å². The van der Waals surface area contributed by atoms with E-state index in [1.807, 2.05) is 54.6 Å². The molecule has 4 aromatic carbocycles. The molecule has 0 bridgehead atoms. The van der Waals surface area contributed by atoms with Gasteiger partial charge in [-0.05, 0) is 53.1 Å². The summed E-state index contributed by atoms with van der Waals surface area (Å²) in [4.78, 5) is 11.0. The molecule has 186 valence electrons. The summed E-state index contributed by atoms with van der Waals surface area (Å²) in [7, 11) is 0. The molecule has 0 saturated heterocycles. The van der Waals surface area contributed by atoms with Crippen LogP contribution in [0, 0.1) is 0 Å². The van der Waals surface area contributed by atoms with Gasteiger partial charge < -0.3 is 19.5 Å². The lowest BCUT2D eigenvalue weighted by atomic mass is 9.98. The molecule has 5 rings (SSSR count). The molecule has 2 N–H and O–H groups in total. The molecule has 1 unspecified atom stereocenters. The van der Waals surface area contributed by atoms with Crippen LogP contribution in [-0.2, 0) is 6.42 Å². The monoisotopic (exact) mass is 511 g/mol. The Kier molecular flexibility index (Phi) is 7.26. The summed E-state index contributed by atoms with van der Waals surface area (Å²) in [5, 5.41) is 21.6. The predicted molar refractivity (Wildman–Crippen MR) is 146 cm³/mol. The Hall–Kier alpha value is -4.06. The molecule has 1 atom stereocenters. The van der Waals surface area contributed by atoms with E-state index in [0.29, 0.717) is 17.2 Å². The first kappa shape index (κ1) is 24.6. The molecular formula is C31H26ClNO4. The van der Waals surface area contributed by atoms with Crippen LogP contribution in [0.1, 0.15) is 33.1 Å². The SMILES string of the molecule is O=C(O)c1ccc(OCC(O)Cc2cn(C(c3ccccc3)c3ccccc3)c3cc(Cl)ccc23)cc1. The summed E-state index contributed by atoms with van der Waals surface area (Å²) in [5.41, 5.74) is 4.45. The predicted octanol–water partition coefficient (Wildman–Crippen LogP) is 6.61. The van der Waals surface area contributed by atoms with Crippen molar-refractivity contribution < 1.29 is 19.7 Å². The van der Waals surface area contributed by atoms with Crippen LogP contribution in [0.4, 0.5) is 0 Å². The molecule has 0 spiro atoms. The lowest BCUT2D eigenvalue weighted by molar-refractivity contribution is 0.0696. The van der Waals surface area contributed by atoms with Crippen LogP contribution in [0.5, 0.6) is 5.75 Å². The Balaban J connectivity index is 1.45. The number of aliphatic hydroxyl groups is 1. The van der Waals surface area contributed by atoms with Gasteiger partial charge in [0.1, 0.15) is 12.4 Å². The average Bonchev–Trinajstić information content (AvgIpc) is 3.25. The molecule has 0 aliphatic carbocycles. The Bertz CT molecular complexity index is 1460. The van der Waals surface area contributed by atoms with Crippen LogP contribution < -0.4 is 4.74 Å². The number of aliphatic hydroxyl groups excluding tert-OH is 1. The number of benzene rings is 4. The quantitative estimate of drug-likeness (QED) is 0.233. The van der Waals surface area contributed by atoms with Gasteiger partial charge in [0.2, 0.25) is 0 Å². The smallest absolute Gasteiger partial charge is 0.335 e. The van der Waals surface area contributed by atoms with E-state index in [0.717, 1.165) is 27.6 Å². The van der Waals surface area contributed by atoms with Crippen LogP contribution in [0.3, 0.4) is 0 Å². The third kappa shape index (κ3) is 5.53. The zero-order valence-electron chi connectivity index (χ0n) is 20.0. The number of aromatic carboxylic acids is 1. The summed E-state index contributed by atoms with van der Waals surface area (Å²) < 4.78 is 7.95. The highest BCUT2D eigenvalue weighted by atomic mass is 35.5. The van der Waals surface area contributed by atoms with Gasteiger partial charge in [0.05, 0.1) is 23.2 Å². The van der Waals surface area contributed by atoms with Crippen molar-refractivity contribution in [2.45, 2.75) is 18.6 Å². The van der Waals surface area contributed by atoms with E-state index in [4.69, 9.17) is 21.4 Å². The van der Waals surface area contributed by atoms with E-state index in [9.17, 15) is 9.90 Å². The zero-order chi connectivity index (χ0) is 25.8. The molecule has 0 aliphatic rings. The van der Waals surface area contributed by atoms with Gasteiger partial charge in [0.15, 0.2) is 0 Å². The molecule has 0 fully saturated rings. The minimum Gasteiger partial charge on any atom is -0.491 e. The maximum absolute atomic E-state index is 11.0. The number of halogens is 1. The number of ether oxygens (including phenoxy) is 1. The summed E-state index contributed by atoms with van der Waals surface area (Å²) in [5.74, 6) is -0.487. The number of hydrogen-bond donors (Lipinski definition) is 2. The molecule has 1 heterocycles. The topological polar surface area (TPSA) is 71.7 Å². The van der Waals surface area contributed by atoms with E-state index in [-0.39, 0.29) is 18.2 Å². The lowest BCUT2D eigenvalue weighted by Crippen LogP contribution is -2.20. The van der Waals surface area contributed by atoms with Crippen molar-refractivity contribution in [3.63, 3.8) is 0 Å². The van der Waals surface area contributed by atoms with E-state index < -0.39 is 12.1 Å². The van der Waals surface area contributed by atoms with E-state index in [2.05, 4.69) is 35.0 Å². The van der Waals surface area contributed by atoms with E-state index in [1.54, 1.807) is 12.1 Å². The van der Waals surface area contributed by atoms with Crippen molar-refractivity contribution in [1.29, 1.82) is 0 Å². The number of carboxylic acids is 1. The normalized spacial score (nSPS) is 12.1. The highest BCUT2D eigenvalue weighted by Crippen LogP contribution is 2.34. The van der Waals surface area contributed by atoms with Gasteiger partial charge in [0, 0.05) is 23.0 Å². The fourth-order valence-corrected chi connectivity index (χ4v) is 4.82. The van der Waals surface area contributed by atoms with Crippen molar-refractivity contribution >= 4 is 28.5 Å². The van der Waals surface area contributed by atoms with Crippen molar-refractivity contribution in [1.82, 2.24) is 4.57 Å². The largest absolute Gasteiger partial charge is 0.491 e. The number of carbonyl (C=O) groups is 1. The van der Waals surface area contributed by atoms with Gasteiger partial charge in [-0.3, -0.25) is 0 Å². The number of carboxylic acid groups (broad SMARTS) is 1. The standard InChI is InChI=1S/C31H26ClNO4/c32-25-13-16-28-24(17-26(34)20-37-27-14-11-23(12-15-27)31(35)36)19-33(29(28)18-25)30(21-7-3-1-4-8-21)22-9-5-2-6-10-22/h1-16,18-19,26,30,34H,17,20H2,(H,35,36). The van der Waals surface area contributed by atoms with Gasteiger partial charge in [0.25, 0.3) is 0 Å². The molecule has 1 aromatic heterocycles. The first-order valence-corrected chi connectivity index (χ1v) is 12.4. The molecule has 0 amide bonds. The van der Waals surface area contributed by atoms with Gasteiger partial charge >= 0.3 is 5.97 Å². The van der Waals surface area contributed by atoms with Crippen molar-refractivity contribution in [2.75, 3.05) is 6.61 Å². The van der Waals surface area contributed by atoms with Crippen LogP contribution in [0.2, 0.25) is 5.02 Å². The number of nitrogens with zero attached hydrogens (tertiary/aromatic N) is 1. The maximum atomic E-state index is 11.0. The Morgan fingerprint density at radius 3 is 2.08 bits per heavy atom. The third-order valence-corrected chi connectivity index (χ3v) is 6.62. The first-order chi connectivity index (χ1) is 18.0. The van der Waals surface area contributed by atoms with E-state index in [1.165, 1.54) is 12.1 Å². The maximum Gasteiger partial charge on any atom is 0.335 e. The molecule has 0 radical (unpaired) electrons. The van der Waals surface area contributed by atoms with Crippen LogP contribution in [-0.4, -0.2) is 33.5 Å². The zero-order valence-corrected chi connectivity index (χ0v) is 20.8. The molecule has 37 heavy (non-hydrogen) atoms. The first-order valence-electron chi connectivity index (χ1n) is 12.0. The van der Waals surface area contributed by atoms with Crippen molar-refractivity contribution in [2.24, 2.45) is 0 Å². The van der Waals surface area contributed by atoms with Crippen LogP contribution in [0.25, 0.3) is 10.9 Å². The Morgan fingerprint density at radius 2 is 1.49 bits per heavy atom. The summed E-state index contributed by atoms with van der Waals surface area (Å²) in [6.45, 7) is 0.0769. The summed E-state index contributed by atoms with van der Waals surface area (Å²) >= 11 is 6.43. The van der Waals surface area contributed by atoms with Gasteiger partial charge in [-0.15, -0.1) is 0 Å². The Morgan fingerprint density at radius 1 is 0.865 bits per heavy atom. The second kappa shape index (κ2) is 10.9. The lowest BCUT2D eigenvalue weighted by Gasteiger charge is -2.21. The molecule has 5 nitrogen and oxygen atoms in total. The third-order valence-electron chi connectivity index (χ3n) is 6.39. The average molecular weight is 512 g/mol. The fourth-order valence-electron chi connectivity index (χ4n) is 4.66. The van der Waals surface area contributed by atoms with Crippen molar-refractivity contribution in [3.05, 3.63) is 137 Å². The van der Waals surface area contributed by atoms with Gasteiger partial charge in [-0.1, -0.05) is 78.3 Å². The van der Waals surface area contributed by atoms with Crippen molar-refractivity contribution in [3.8, 4) is 5.75 Å². The number of rotatable bonds is 9. The number of hydrogen-bond acceptors (Lipinski definition) is 3. The molecule has 5 aromatic rings. The number of aromatic nitrogens is 1. The van der Waals surface area contributed by atoms with Gasteiger partial charge in [-0.2, -0.15) is 0 Å². The minimum absolute atomic E-state index is 0.0711. The van der Waals surface area contributed by atoms with E-state index >= 15 is 0 Å². The summed E-state index contributed by atoms with van der Waals surface area (Å²) in [6, 6.07) is 32.5. The van der Waals surface area contributed by atoms with Crippen LogP contribution >= 0.6 is 11.6 Å². The highest BCUT2D eigenvalue weighted by molar-refractivity contribution is 6.31. The fraction of sp³-hybridized carbons (Fsp3) is 0.129. The summed E-state index contributed by atoms with van der Waals surface area (Å²) in [6.07, 6.45) is 1.71. The second-order valence-electron chi connectivity index (χ2n) is 8.95. The number of fused-ring (bicyclic) bond motifs is 1. The van der Waals surface area contributed by atoms with Gasteiger partial charge in [-0.25, -0.2) is 4.79 Å². The highest BCUT2D eigenvalue weighted by Gasteiger charge is 2.21.